The van der Waals surface area contributed by atoms with Gasteiger partial charge in [-0.2, -0.15) is 5.10 Å². The molecule has 3 aromatic heterocycles. The third-order valence-electron chi connectivity index (χ3n) is 3.60. The summed E-state index contributed by atoms with van der Waals surface area (Å²) < 4.78 is 2.04. The van der Waals surface area contributed by atoms with Crippen molar-refractivity contribution in [3.63, 3.8) is 0 Å². The summed E-state index contributed by atoms with van der Waals surface area (Å²) in [6.07, 6.45) is 7.50. The molecule has 4 rings (SSSR count). The van der Waals surface area contributed by atoms with Crippen molar-refractivity contribution in [2.24, 2.45) is 0 Å². The van der Waals surface area contributed by atoms with Gasteiger partial charge >= 0.3 is 0 Å². The van der Waals surface area contributed by atoms with E-state index in [-0.39, 0.29) is 0 Å². The van der Waals surface area contributed by atoms with E-state index in [1.807, 2.05) is 23.1 Å². The molecule has 6 heteroatoms. The van der Waals surface area contributed by atoms with E-state index in [9.17, 15) is 0 Å². The van der Waals surface area contributed by atoms with Crippen molar-refractivity contribution in [1.29, 1.82) is 0 Å². The van der Waals surface area contributed by atoms with Crippen LogP contribution >= 0.6 is 0 Å². The quantitative estimate of drug-likeness (QED) is 0.753. The molecule has 4 heterocycles. The second-order valence-electron chi connectivity index (χ2n) is 4.99. The molecule has 96 valence electrons. The molecule has 0 aliphatic carbocycles. The summed E-state index contributed by atoms with van der Waals surface area (Å²) in [6.45, 7) is 3.95. The Labute approximate surface area is 110 Å². The Morgan fingerprint density at radius 2 is 2.21 bits per heavy atom. The van der Waals surface area contributed by atoms with Crippen LogP contribution in [0.2, 0.25) is 0 Å². The van der Waals surface area contributed by atoms with E-state index in [2.05, 4.69) is 38.1 Å². The van der Waals surface area contributed by atoms with E-state index >= 15 is 0 Å². The first-order valence-electron chi connectivity index (χ1n) is 6.35. The molecule has 0 atom stereocenters. The largest absolute Gasteiger partial charge is 0.352 e. The molecule has 0 spiro atoms. The van der Waals surface area contributed by atoms with Crippen molar-refractivity contribution in [2.75, 3.05) is 18.0 Å². The molecular formula is C13H14N6. The second kappa shape index (κ2) is 3.81. The minimum atomic E-state index is 0.442. The van der Waals surface area contributed by atoms with Crippen LogP contribution in [-0.2, 0) is 0 Å². The summed E-state index contributed by atoms with van der Waals surface area (Å²) >= 11 is 0. The maximum absolute atomic E-state index is 4.40. The van der Waals surface area contributed by atoms with Crippen LogP contribution in [0.3, 0.4) is 0 Å². The number of hydrogen-bond acceptors (Lipinski definition) is 4. The van der Waals surface area contributed by atoms with Crippen molar-refractivity contribution in [3.05, 3.63) is 36.5 Å². The molecule has 6 nitrogen and oxygen atoms in total. The zero-order valence-corrected chi connectivity index (χ0v) is 10.6. The van der Waals surface area contributed by atoms with Crippen molar-refractivity contribution in [3.8, 4) is 0 Å². The molecule has 19 heavy (non-hydrogen) atoms. The highest BCUT2D eigenvalue weighted by atomic mass is 15.4. The third kappa shape index (κ3) is 1.60. The monoisotopic (exact) mass is 254 g/mol. The molecule has 0 aromatic carbocycles. The molecule has 1 fully saturated rings. The van der Waals surface area contributed by atoms with E-state index in [0.29, 0.717) is 6.04 Å². The standard InChI is InChI=1S/C13H14N6/c1-9-4-17-19(5-9)10-6-18(7-10)13-11-2-3-14-12(11)15-8-16-13/h2-5,8,10H,6-7H2,1H3,(H,14,15,16). The molecule has 1 N–H and O–H groups in total. The average Bonchev–Trinajstić information content (AvgIpc) is 2.96. The van der Waals surface area contributed by atoms with Crippen LogP contribution in [0.15, 0.2) is 31.0 Å². The van der Waals surface area contributed by atoms with Crippen molar-refractivity contribution in [1.82, 2.24) is 24.7 Å². The van der Waals surface area contributed by atoms with Crippen LogP contribution in [0, 0.1) is 6.92 Å². The Bertz CT molecular complexity index is 721. The number of aromatic amines is 1. The van der Waals surface area contributed by atoms with Gasteiger partial charge in [0.1, 0.15) is 17.8 Å². The fraction of sp³-hybridized carbons (Fsp3) is 0.308. The number of aryl methyl sites for hydroxylation is 1. The highest BCUT2D eigenvalue weighted by molar-refractivity contribution is 5.87. The SMILES string of the molecule is Cc1cnn(C2CN(c3ncnc4[nH]ccc34)C2)c1. The lowest BCUT2D eigenvalue weighted by Gasteiger charge is -2.40. The first-order chi connectivity index (χ1) is 9.31. The van der Waals surface area contributed by atoms with E-state index in [1.54, 1.807) is 6.33 Å². The number of aromatic nitrogens is 5. The zero-order chi connectivity index (χ0) is 12.8. The summed E-state index contributed by atoms with van der Waals surface area (Å²) in [5.74, 6) is 1.01. The van der Waals surface area contributed by atoms with Gasteiger partial charge in [0.25, 0.3) is 0 Å². The fourth-order valence-electron chi connectivity index (χ4n) is 2.54. The Hall–Kier alpha value is -2.37. The fourth-order valence-corrected chi connectivity index (χ4v) is 2.54. The average molecular weight is 254 g/mol. The van der Waals surface area contributed by atoms with Gasteiger partial charge in [-0.25, -0.2) is 9.97 Å². The number of rotatable bonds is 2. The minimum Gasteiger partial charge on any atom is -0.352 e. The Morgan fingerprint density at radius 1 is 1.32 bits per heavy atom. The summed E-state index contributed by atoms with van der Waals surface area (Å²) in [6, 6.07) is 2.47. The lowest BCUT2D eigenvalue weighted by Crippen LogP contribution is -2.48. The minimum absolute atomic E-state index is 0.442. The van der Waals surface area contributed by atoms with Gasteiger partial charge in [-0.3, -0.25) is 4.68 Å². The molecule has 0 radical (unpaired) electrons. The van der Waals surface area contributed by atoms with Crippen LogP contribution in [0.25, 0.3) is 11.0 Å². The molecule has 1 aliphatic heterocycles. The van der Waals surface area contributed by atoms with Crippen molar-refractivity contribution >= 4 is 16.9 Å². The van der Waals surface area contributed by atoms with Crippen LogP contribution < -0.4 is 4.90 Å². The number of H-pyrrole nitrogens is 1. The third-order valence-corrected chi connectivity index (χ3v) is 3.60. The normalized spacial score (nSPS) is 15.9. The predicted molar refractivity (Wildman–Crippen MR) is 72.1 cm³/mol. The summed E-state index contributed by atoms with van der Waals surface area (Å²) in [4.78, 5) is 14.0. The maximum atomic E-state index is 4.40. The van der Waals surface area contributed by atoms with Gasteiger partial charge in [0.05, 0.1) is 17.6 Å². The zero-order valence-electron chi connectivity index (χ0n) is 10.6. The first kappa shape index (κ1) is 10.5. The van der Waals surface area contributed by atoms with Crippen molar-refractivity contribution < 1.29 is 0 Å². The molecule has 3 aromatic rings. The van der Waals surface area contributed by atoms with Crippen LogP contribution in [-0.4, -0.2) is 37.8 Å². The number of fused-ring (bicyclic) bond motifs is 1. The van der Waals surface area contributed by atoms with E-state index in [1.165, 1.54) is 5.56 Å². The van der Waals surface area contributed by atoms with Crippen LogP contribution in [0.1, 0.15) is 11.6 Å². The Kier molecular flexibility index (Phi) is 2.11. The molecular weight excluding hydrogens is 240 g/mol. The van der Waals surface area contributed by atoms with Gasteiger partial charge < -0.3 is 9.88 Å². The molecule has 1 aliphatic rings. The van der Waals surface area contributed by atoms with Gasteiger partial charge in [0, 0.05) is 25.5 Å². The Balaban J connectivity index is 1.58. The highest BCUT2D eigenvalue weighted by Crippen LogP contribution is 2.30. The molecule has 1 saturated heterocycles. The van der Waals surface area contributed by atoms with Gasteiger partial charge in [-0.1, -0.05) is 0 Å². The lowest BCUT2D eigenvalue weighted by atomic mass is 10.1. The van der Waals surface area contributed by atoms with Crippen LogP contribution in [0.4, 0.5) is 5.82 Å². The number of hydrogen-bond donors (Lipinski definition) is 1. The lowest BCUT2D eigenvalue weighted by molar-refractivity contribution is 0.366. The topological polar surface area (TPSA) is 62.6 Å². The van der Waals surface area contributed by atoms with Gasteiger partial charge in [-0.05, 0) is 18.6 Å². The van der Waals surface area contributed by atoms with E-state index in [4.69, 9.17) is 0 Å². The number of nitrogens with zero attached hydrogens (tertiary/aromatic N) is 5. The predicted octanol–water partition coefficient (Wildman–Crippen LogP) is 1.52. The molecule has 0 saturated carbocycles. The smallest absolute Gasteiger partial charge is 0.142 e. The summed E-state index contributed by atoms with van der Waals surface area (Å²) in [5.41, 5.74) is 2.09. The van der Waals surface area contributed by atoms with Crippen molar-refractivity contribution in [2.45, 2.75) is 13.0 Å². The molecule has 0 amide bonds. The first-order valence-corrected chi connectivity index (χ1v) is 6.35. The highest BCUT2D eigenvalue weighted by Gasteiger charge is 2.30. The van der Waals surface area contributed by atoms with Gasteiger partial charge in [0.15, 0.2) is 0 Å². The summed E-state index contributed by atoms with van der Waals surface area (Å²) in [5, 5.41) is 5.45. The maximum Gasteiger partial charge on any atom is 0.142 e. The number of nitrogens with one attached hydrogen (secondary N) is 1. The van der Waals surface area contributed by atoms with E-state index < -0.39 is 0 Å². The second-order valence-corrected chi connectivity index (χ2v) is 4.99. The molecule has 0 bridgehead atoms. The van der Waals surface area contributed by atoms with E-state index in [0.717, 1.165) is 29.9 Å². The Morgan fingerprint density at radius 3 is 3.00 bits per heavy atom. The number of anilines is 1. The molecule has 0 unspecified atom stereocenters. The van der Waals surface area contributed by atoms with Gasteiger partial charge in [0.2, 0.25) is 0 Å². The van der Waals surface area contributed by atoms with Gasteiger partial charge in [-0.15, -0.1) is 0 Å². The van der Waals surface area contributed by atoms with Crippen LogP contribution in [0.5, 0.6) is 0 Å². The summed E-state index contributed by atoms with van der Waals surface area (Å²) in [7, 11) is 0.